The number of benzene rings is 1. The molecule has 0 radical (unpaired) electrons. The van der Waals surface area contributed by atoms with Crippen molar-refractivity contribution in [3.63, 3.8) is 0 Å². The highest BCUT2D eigenvalue weighted by atomic mass is 16.5. The summed E-state index contributed by atoms with van der Waals surface area (Å²) in [6.07, 6.45) is 0. The first-order valence-corrected chi connectivity index (χ1v) is 5.52. The van der Waals surface area contributed by atoms with Crippen LogP contribution in [-0.4, -0.2) is 31.2 Å². The zero-order chi connectivity index (χ0) is 12.3. The minimum atomic E-state index is -0.891. The van der Waals surface area contributed by atoms with Crippen molar-refractivity contribution in [2.45, 2.75) is 13.5 Å². The summed E-state index contributed by atoms with van der Waals surface area (Å²) < 4.78 is 10.4. The summed E-state index contributed by atoms with van der Waals surface area (Å²) >= 11 is 0. The van der Waals surface area contributed by atoms with Crippen molar-refractivity contribution in [1.82, 2.24) is 5.32 Å². The Hall–Kier alpha value is -1.53. The van der Waals surface area contributed by atoms with E-state index in [4.69, 9.17) is 9.39 Å². The Morgan fingerprint density at radius 2 is 2.47 bits per heavy atom. The zero-order valence-electron chi connectivity index (χ0n) is 9.60. The third kappa shape index (κ3) is 2.78. The summed E-state index contributed by atoms with van der Waals surface area (Å²) in [5.41, 5.74) is 1.65. The highest BCUT2D eigenvalue weighted by Crippen LogP contribution is 2.16. The van der Waals surface area contributed by atoms with Gasteiger partial charge in [-0.25, -0.2) is 0 Å². The lowest BCUT2D eigenvalue weighted by atomic mass is 9.79. The van der Waals surface area contributed by atoms with Gasteiger partial charge in [0.25, 0.3) is 5.91 Å². The predicted molar refractivity (Wildman–Crippen MR) is 63.0 cm³/mol. The molecule has 1 aliphatic heterocycles. The first kappa shape index (κ1) is 11.9. The van der Waals surface area contributed by atoms with E-state index in [0.717, 1.165) is 5.56 Å². The Bertz CT molecular complexity index is 424. The fourth-order valence-electron chi connectivity index (χ4n) is 1.68. The molecule has 6 heteroatoms. The number of likely N-dealkylation sites (N-methyl/N-ethyl adjacent to an activating group) is 1. The number of ether oxygens (including phenoxy) is 1. The first-order valence-electron chi connectivity index (χ1n) is 5.52. The van der Waals surface area contributed by atoms with Crippen molar-refractivity contribution in [2.24, 2.45) is 0 Å². The minimum Gasteiger partial charge on any atom is -0.484 e. The average Bonchev–Trinajstić information content (AvgIpc) is 2.69. The molecule has 17 heavy (non-hydrogen) atoms. The van der Waals surface area contributed by atoms with Gasteiger partial charge in [0.15, 0.2) is 6.61 Å². The largest absolute Gasteiger partial charge is 0.491 e. The number of hydrogen-bond acceptors (Lipinski definition) is 4. The van der Waals surface area contributed by atoms with Crippen molar-refractivity contribution in [3.05, 3.63) is 23.8 Å². The predicted octanol–water partition coefficient (Wildman–Crippen LogP) is -0.581. The summed E-state index contributed by atoms with van der Waals surface area (Å²) in [6, 6.07) is 5.30. The van der Waals surface area contributed by atoms with Gasteiger partial charge in [-0.2, -0.15) is 0 Å². The number of carbonyl (C=O) groups excluding carboxylic acids is 1. The fraction of sp³-hybridized carbons (Fsp3) is 0.364. The van der Waals surface area contributed by atoms with Crippen LogP contribution in [0.1, 0.15) is 12.5 Å². The first-order chi connectivity index (χ1) is 8.20. The van der Waals surface area contributed by atoms with Crippen LogP contribution in [0.4, 0.5) is 0 Å². The van der Waals surface area contributed by atoms with E-state index in [0.29, 0.717) is 24.4 Å². The lowest BCUT2D eigenvalue weighted by molar-refractivity contribution is -0.122. The van der Waals surface area contributed by atoms with Gasteiger partial charge in [0, 0.05) is 6.54 Å². The van der Waals surface area contributed by atoms with Crippen LogP contribution >= 0.6 is 0 Å². The maximum atomic E-state index is 11.2. The van der Waals surface area contributed by atoms with Gasteiger partial charge < -0.3 is 19.7 Å². The molecule has 0 aliphatic carbocycles. The smallest absolute Gasteiger partial charge is 0.484 e. The van der Waals surface area contributed by atoms with Crippen LogP contribution in [0.25, 0.3) is 0 Å². The van der Waals surface area contributed by atoms with Gasteiger partial charge in [-0.3, -0.25) is 4.79 Å². The second-order valence-corrected chi connectivity index (χ2v) is 3.77. The van der Waals surface area contributed by atoms with Crippen molar-refractivity contribution >= 4 is 18.5 Å². The third-order valence-electron chi connectivity index (χ3n) is 2.52. The molecule has 5 nitrogen and oxygen atoms in total. The van der Waals surface area contributed by atoms with Crippen LogP contribution in [-0.2, 0) is 16.1 Å². The van der Waals surface area contributed by atoms with Crippen LogP contribution in [0.15, 0.2) is 18.2 Å². The van der Waals surface area contributed by atoms with Crippen LogP contribution in [0, 0.1) is 0 Å². The Labute approximate surface area is 99.9 Å². The van der Waals surface area contributed by atoms with Crippen LogP contribution < -0.4 is 15.5 Å². The number of nitrogens with one attached hydrogen (secondary N) is 1. The molecule has 0 bridgehead atoms. The molecule has 0 fully saturated rings. The van der Waals surface area contributed by atoms with Crippen molar-refractivity contribution in [2.75, 3.05) is 13.2 Å². The highest BCUT2D eigenvalue weighted by Gasteiger charge is 2.27. The normalized spacial score (nSPS) is 13.4. The summed E-state index contributed by atoms with van der Waals surface area (Å²) in [4.78, 5) is 11.2. The molecule has 1 aromatic carbocycles. The van der Waals surface area contributed by atoms with Gasteiger partial charge in [-0.1, -0.05) is 6.07 Å². The molecule has 0 spiro atoms. The Balaban J connectivity index is 1.98. The second-order valence-electron chi connectivity index (χ2n) is 3.77. The fourth-order valence-corrected chi connectivity index (χ4v) is 1.68. The van der Waals surface area contributed by atoms with Crippen molar-refractivity contribution < 1.29 is 19.2 Å². The summed E-state index contributed by atoms with van der Waals surface area (Å²) in [5.74, 6) is 0.393. The average molecular weight is 235 g/mol. The van der Waals surface area contributed by atoms with Crippen molar-refractivity contribution in [3.8, 4) is 5.75 Å². The molecular formula is C11H14BNO4. The second kappa shape index (κ2) is 5.20. The number of rotatable bonds is 4. The van der Waals surface area contributed by atoms with Crippen LogP contribution in [0.3, 0.4) is 0 Å². The molecular weight excluding hydrogens is 221 g/mol. The quantitative estimate of drug-likeness (QED) is 0.685. The molecule has 1 aliphatic rings. The Morgan fingerprint density at radius 1 is 1.65 bits per heavy atom. The molecule has 1 aromatic rings. The number of hydrogen-bond donors (Lipinski definition) is 2. The standard InChI is InChI=1S/C11H14BNO4/c1-2-13-11(14)7-16-9-4-3-8-6-17-12(15)10(8)5-9/h3-5,15H,2,6-7H2,1H3,(H,13,14). The van der Waals surface area contributed by atoms with E-state index in [1.165, 1.54) is 0 Å². The van der Waals surface area contributed by atoms with Crippen molar-refractivity contribution in [1.29, 1.82) is 0 Å². The van der Waals surface area contributed by atoms with Gasteiger partial charge in [-0.15, -0.1) is 0 Å². The van der Waals surface area contributed by atoms with Gasteiger partial charge in [-0.05, 0) is 30.1 Å². The van der Waals surface area contributed by atoms with E-state index in [1.807, 2.05) is 13.0 Å². The lowest BCUT2D eigenvalue weighted by Gasteiger charge is -2.07. The maximum Gasteiger partial charge on any atom is 0.491 e. The van der Waals surface area contributed by atoms with E-state index in [2.05, 4.69) is 5.32 Å². The van der Waals surface area contributed by atoms with E-state index in [1.54, 1.807) is 12.1 Å². The van der Waals surface area contributed by atoms with E-state index in [-0.39, 0.29) is 12.5 Å². The maximum absolute atomic E-state index is 11.2. The van der Waals surface area contributed by atoms with Crippen LogP contribution in [0.2, 0.25) is 0 Å². The molecule has 1 amide bonds. The zero-order valence-corrected chi connectivity index (χ0v) is 9.60. The third-order valence-corrected chi connectivity index (χ3v) is 2.52. The Morgan fingerprint density at radius 3 is 3.24 bits per heavy atom. The van der Waals surface area contributed by atoms with Crippen LogP contribution in [0.5, 0.6) is 5.75 Å². The highest BCUT2D eigenvalue weighted by molar-refractivity contribution is 6.61. The topological polar surface area (TPSA) is 67.8 Å². The SMILES string of the molecule is CCNC(=O)COc1ccc2c(c1)B(O)OC2. The molecule has 0 unspecified atom stereocenters. The molecule has 0 atom stereocenters. The lowest BCUT2D eigenvalue weighted by Crippen LogP contribution is -2.30. The van der Waals surface area contributed by atoms with Gasteiger partial charge >= 0.3 is 7.12 Å². The molecule has 2 N–H and O–H groups in total. The number of fused-ring (bicyclic) bond motifs is 1. The Kier molecular flexibility index (Phi) is 3.66. The number of carbonyl (C=O) groups is 1. The van der Waals surface area contributed by atoms with Gasteiger partial charge in [0.05, 0.1) is 6.61 Å². The molecule has 0 saturated carbocycles. The summed E-state index contributed by atoms with van der Waals surface area (Å²) in [6.45, 7) is 2.82. The van der Waals surface area contributed by atoms with Gasteiger partial charge in [0.1, 0.15) is 5.75 Å². The summed E-state index contributed by atoms with van der Waals surface area (Å²) in [5, 5.41) is 12.1. The molecule has 2 rings (SSSR count). The van der Waals surface area contributed by atoms with E-state index < -0.39 is 7.12 Å². The molecule has 0 saturated heterocycles. The van der Waals surface area contributed by atoms with E-state index in [9.17, 15) is 9.82 Å². The monoisotopic (exact) mass is 235 g/mol. The molecule has 90 valence electrons. The summed E-state index contributed by atoms with van der Waals surface area (Å²) in [7, 11) is -0.891. The molecule has 1 heterocycles. The van der Waals surface area contributed by atoms with Gasteiger partial charge in [0.2, 0.25) is 0 Å². The molecule has 0 aromatic heterocycles. The minimum absolute atomic E-state index is 0.0242. The number of amides is 1. The van der Waals surface area contributed by atoms with E-state index >= 15 is 0 Å².